The fourth-order valence-corrected chi connectivity index (χ4v) is 2.80. The average molecular weight is 298 g/mol. The van der Waals surface area contributed by atoms with Crippen molar-refractivity contribution in [1.29, 1.82) is 0 Å². The first-order chi connectivity index (χ1) is 9.61. The van der Waals surface area contributed by atoms with E-state index in [1.54, 1.807) is 4.90 Å². The number of carboxylic acids is 1. The molecule has 5 nitrogen and oxygen atoms in total. The number of aliphatic carboxylic acids is 1. The molecule has 0 atom stereocenters. The number of carbonyl (C=O) groups is 2. The number of hydrogen-bond donors (Lipinski definition) is 1. The Bertz CT molecular complexity index is 368. The zero-order valence-corrected chi connectivity index (χ0v) is 14.1. The van der Waals surface area contributed by atoms with Crippen LogP contribution in [-0.2, 0) is 9.59 Å². The van der Waals surface area contributed by atoms with E-state index in [1.807, 2.05) is 32.7 Å². The molecular formula is C16H30N2O3. The van der Waals surface area contributed by atoms with Gasteiger partial charge in [-0.2, -0.15) is 0 Å². The Balaban J connectivity index is 2.62. The molecule has 0 spiro atoms. The van der Waals surface area contributed by atoms with Gasteiger partial charge in [-0.05, 0) is 52.4 Å². The van der Waals surface area contributed by atoms with E-state index in [9.17, 15) is 9.59 Å². The Labute approximate surface area is 128 Å². The highest BCUT2D eigenvalue weighted by atomic mass is 16.4. The van der Waals surface area contributed by atoms with Crippen molar-refractivity contribution in [2.45, 2.75) is 65.0 Å². The van der Waals surface area contributed by atoms with E-state index >= 15 is 0 Å². The summed E-state index contributed by atoms with van der Waals surface area (Å²) in [6, 6.07) is 0.306. The molecule has 0 aromatic rings. The third-order valence-corrected chi connectivity index (χ3v) is 4.53. The van der Waals surface area contributed by atoms with Crippen molar-refractivity contribution >= 4 is 11.9 Å². The van der Waals surface area contributed by atoms with E-state index in [0.29, 0.717) is 6.04 Å². The lowest BCUT2D eigenvalue weighted by Gasteiger charge is -2.38. The summed E-state index contributed by atoms with van der Waals surface area (Å²) < 4.78 is 0. The number of rotatable bonds is 5. The standard InChI is InChI=1S/C16H30N2O3/c1-12-6-8-13(9-7-12)17(5)14(19)10-18(11-15(20)21)16(2,3)4/h12-13H,6-11H2,1-5H3,(H,20,21). The Morgan fingerprint density at radius 3 is 2.05 bits per heavy atom. The SMILES string of the molecule is CC1CCC(N(C)C(=O)CN(CC(=O)O)C(C)(C)C)CC1. The molecule has 1 amide bonds. The molecule has 0 bridgehead atoms. The Morgan fingerprint density at radius 2 is 1.62 bits per heavy atom. The van der Waals surface area contributed by atoms with Crippen molar-refractivity contribution in [2.24, 2.45) is 5.92 Å². The van der Waals surface area contributed by atoms with Gasteiger partial charge in [-0.25, -0.2) is 0 Å². The van der Waals surface area contributed by atoms with Crippen LogP contribution in [0, 0.1) is 5.92 Å². The first-order valence-electron chi connectivity index (χ1n) is 7.83. The second kappa shape index (κ2) is 7.25. The van der Waals surface area contributed by atoms with Crippen molar-refractivity contribution in [1.82, 2.24) is 9.80 Å². The summed E-state index contributed by atoms with van der Waals surface area (Å²) in [6.07, 6.45) is 4.44. The molecule has 122 valence electrons. The van der Waals surface area contributed by atoms with Gasteiger partial charge in [0.2, 0.25) is 5.91 Å². The predicted molar refractivity (Wildman–Crippen MR) is 83.2 cm³/mol. The van der Waals surface area contributed by atoms with Crippen LogP contribution in [-0.4, -0.2) is 58.5 Å². The lowest BCUT2D eigenvalue weighted by Crippen LogP contribution is -2.51. The molecular weight excluding hydrogens is 268 g/mol. The second-order valence-electron chi connectivity index (χ2n) is 7.34. The Kier molecular flexibility index (Phi) is 6.20. The van der Waals surface area contributed by atoms with Crippen LogP contribution in [0.4, 0.5) is 0 Å². The van der Waals surface area contributed by atoms with Gasteiger partial charge < -0.3 is 10.0 Å². The molecule has 0 heterocycles. The third kappa shape index (κ3) is 5.65. The van der Waals surface area contributed by atoms with Crippen LogP contribution in [0.5, 0.6) is 0 Å². The molecule has 1 aliphatic carbocycles. The maximum atomic E-state index is 12.5. The lowest BCUT2D eigenvalue weighted by molar-refractivity contribution is -0.142. The fourth-order valence-electron chi connectivity index (χ4n) is 2.80. The first-order valence-corrected chi connectivity index (χ1v) is 7.83. The van der Waals surface area contributed by atoms with Crippen molar-refractivity contribution < 1.29 is 14.7 Å². The number of nitrogens with zero attached hydrogens (tertiary/aromatic N) is 2. The molecule has 1 fully saturated rings. The smallest absolute Gasteiger partial charge is 0.317 e. The minimum Gasteiger partial charge on any atom is -0.480 e. The summed E-state index contributed by atoms with van der Waals surface area (Å²) in [5.74, 6) is -0.125. The normalized spacial score (nSPS) is 23.1. The van der Waals surface area contributed by atoms with Crippen LogP contribution in [0.2, 0.25) is 0 Å². The van der Waals surface area contributed by atoms with E-state index in [-0.39, 0.29) is 24.5 Å². The fraction of sp³-hybridized carbons (Fsp3) is 0.875. The summed E-state index contributed by atoms with van der Waals surface area (Å²) >= 11 is 0. The highest BCUT2D eigenvalue weighted by Gasteiger charge is 2.30. The van der Waals surface area contributed by atoms with E-state index in [2.05, 4.69) is 6.92 Å². The van der Waals surface area contributed by atoms with Gasteiger partial charge in [0.25, 0.3) is 0 Å². The van der Waals surface area contributed by atoms with Crippen LogP contribution in [0.15, 0.2) is 0 Å². The van der Waals surface area contributed by atoms with Crippen LogP contribution in [0.25, 0.3) is 0 Å². The molecule has 0 aromatic carbocycles. The highest BCUT2D eigenvalue weighted by molar-refractivity contribution is 5.79. The molecule has 5 heteroatoms. The number of hydrogen-bond acceptors (Lipinski definition) is 3. The topological polar surface area (TPSA) is 60.9 Å². The van der Waals surface area contributed by atoms with Gasteiger partial charge in [0.1, 0.15) is 0 Å². The minimum atomic E-state index is -0.896. The molecule has 1 aliphatic rings. The van der Waals surface area contributed by atoms with E-state index in [0.717, 1.165) is 18.8 Å². The van der Waals surface area contributed by atoms with Crippen molar-refractivity contribution in [2.75, 3.05) is 20.1 Å². The zero-order valence-electron chi connectivity index (χ0n) is 14.1. The molecule has 1 rings (SSSR count). The van der Waals surface area contributed by atoms with Gasteiger partial charge in [0, 0.05) is 18.6 Å². The maximum Gasteiger partial charge on any atom is 0.317 e. The maximum absolute atomic E-state index is 12.5. The van der Waals surface area contributed by atoms with Crippen LogP contribution >= 0.6 is 0 Å². The average Bonchev–Trinajstić information content (AvgIpc) is 2.36. The summed E-state index contributed by atoms with van der Waals surface area (Å²) in [6.45, 7) is 8.12. The number of amides is 1. The van der Waals surface area contributed by atoms with Gasteiger partial charge in [0.15, 0.2) is 0 Å². The Morgan fingerprint density at radius 1 is 1.10 bits per heavy atom. The van der Waals surface area contributed by atoms with E-state index in [4.69, 9.17) is 5.11 Å². The highest BCUT2D eigenvalue weighted by Crippen LogP contribution is 2.26. The third-order valence-electron chi connectivity index (χ3n) is 4.53. The molecule has 0 unspecified atom stereocenters. The van der Waals surface area contributed by atoms with Gasteiger partial charge in [-0.3, -0.25) is 14.5 Å². The van der Waals surface area contributed by atoms with Crippen LogP contribution in [0.3, 0.4) is 0 Å². The Hall–Kier alpha value is -1.10. The van der Waals surface area contributed by atoms with Crippen molar-refractivity contribution in [3.8, 4) is 0 Å². The zero-order chi connectivity index (χ0) is 16.2. The second-order valence-corrected chi connectivity index (χ2v) is 7.34. The molecule has 1 saturated carbocycles. The summed E-state index contributed by atoms with van der Waals surface area (Å²) in [5, 5.41) is 9.01. The number of carbonyl (C=O) groups excluding carboxylic acids is 1. The minimum absolute atomic E-state index is 0.0192. The summed E-state index contributed by atoms with van der Waals surface area (Å²) in [4.78, 5) is 27.0. The van der Waals surface area contributed by atoms with Crippen molar-refractivity contribution in [3.05, 3.63) is 0 Å². The van der Waals surface area contributed by atoms with Gasteiger partial charge in [-0.15, -0.1) is 0 Å². The molecule has 21 heavy (non-hydrogen) atoms. The van der Waals surface area contributed by atoms with Gasteiger partial charge >= 0.3 is 5.97 Å². The quantitative estimate of drug-likeness (QED) is 0.845. The van der Waals surface area contributed by atoms with E-state index in [1.165, 1.54) is 12.8 Å². The predicted octanol–water partition coefficient (Wildman–Crippen LogP) is 2.21. The summed E-state index contributed by atoms with van der Waals surface area (Å²) in [7, 11) is 1.85. The monoisotopic (exact) mass is 298 g/mol. The molecule has 0 saturated heterocycles. The molecule has 0 aromatic heterocycles. The van der Waals surface area contributed by atoms with Crippen LogP contribution in [0.1, 0.15) is 53.4 Å². The molecule has 0 radical (unpaired) electrons. The number of likely N-dealkylation sites (N-methyl/N-ethyl adjacent to an activating group) is 1. The summed E-state index contributed by atoms with van der Waals surface area (Å²) in [5.41, 5.74) is -0.337. The number of carboxylic acid groups (broad SMARTS) is 1. The molecule has 1 N–H and O–H groups in total. The largest absolute Gasteiger partial charge is 0.480 e. The van der Waals surface area contributed by atoms with Crippen LogP contribution < -0.4 is 0 Å². The lowest BCUT2D eigenvalue weighted by atomic mass is 9.87. The first kappa shape index (κ1) is 18.0. The van der Waals surface area contributed by atoms with Gasteiger partial charge in [0.05, 0.1) is 13.1 Å². The van der Waals surface area contributed by atoms with E-state index < -0.39 is 5.97 Å². The van der Waals surface area contributed by atoms with Crippen molar-refractivity contribution in [3.63, 3.8) is 0 Å². The van der Waals surface area contributed by atoms with Gasteiger partial charge in [-0.1, -0.05) is 6.92 Å². The molecule has 0 aliphatic heterocycles.